The quantitative estimate of drug-likeness (QED) is 0.537. The van der Waals surface area contributed by atoms with Crippen molar-refractivity contribution in [3.05, 3.63) is 84.4 Å². The number of anilines is 1. The van der Waals surface area contributed by atoms with Gasteiger partial charge in [0.05, 0.1) is 12.2 Å². The molecule has 1 aliphatic heterocycles. The van der Waals surface area contributed by atoms with Gasteiger partial charge in [-0.25, -0.2) is 8.42 Å². The lowest BCUT2D eigenvalue weighted by Gasteiger charge is -2.30. The maximum absolute atomic E-state index is 12.8. The lowest BCUT2D eigenvalue weighted by molar-refractivity contribution is -0.120. The van der Waals surface area contributed by atoms with Gasteiger partial charge in [-0.15, -0.1) is 0 Å². The third-order valence-corrected chi connectivity index (χ3v) is 7.53. The number of rotatable bonds is 7. The average molecular weight is 480 g/mol. The summed E-state index contributed by atoms with van der Waals surface area (Å²) in [5.74, 6) is -0.776. The molecule has 9 nitrogen and oxygen atoms in total. The molecular weight excluding hydrogens is 454 g/mol. The van der Waals surface area contributed by atoms with Crippen LogP contribution in [0.4, 0.5) is 5.69 Å². The van der Waals surface area contributed by atoms with Gasteiger partial charge in [-0.1, -0.05) is 12.1 Å². The summed E-state index contributed by atoms with van der Waals surface area (Å²) in [7, 11) is -3.62. The molecule has 0 atom stereocenters. The Balaban J connectivity index is 1.32. The molecule has 1 aliphatic rings. The standard InChI is InChI=1S/C24H25N5O4S/c30-23(27-16-21-6-1-2-12-26-21)19-5-3-7-20(15-19)28-24(31)18-9-13-29(14-10-18)34(32,33)22-8-4-11-25-17-22/h1-8,11-12,15,17-18H,9-10,13-14,16H2,(H,27,30)(H,28,31). The van der Waals surface area contributed by atoms with Crippen LogP contribution in [0, 0.1) is 5.92 Å². The van der Waals surface area contributed by atoms with Gasteiger partial charge in [-0.3, -0.25) is 19.6 Å². The predicted octanol–water partition coefficient (Wildman–Crippen LogP) is 2.45. The summed E-state index contributed by atoms with van der Waals surface area (Å²) in [5.41, 5.74) is 1.68. The molecule has 176 valence electrons. The number of nitrogens with zero attached hydrogens (tertiary/aromatic N) is 3. The van der Waals surface area contributed by atoms with E-state index in [4.69, 9.17) is 0 Å². The van der Waals surface area contributed by atoms with E-state index in [1.165, 1.54) is 22.8 Å². The normalized spacial score (nSPS) is 14.9. The number of amides is 2. The van der Waals surface area contributed by atoms with Crippen LogP contribution in [0.3, 0.4) is 0 Å². The molecule has 10 heteroatoms. The zero-order valence-electron chi connectivity index (χ0n) is 18.4. The summed E-state index contributed by atoms with van der Waals surface area (Å²) in [6, 6.07) is 15.3. The first-order valence-electron chi connectivity index (χ1n) is 10.9. The van der Waals surface area contributed by atoms with E-state index in [9.17, 15) is 18.0 Å². The number of hydrogen-bond acceptors (Lipinski definition) is 6. The van der Waals surface area contributed by atoms with Crippen molar-refractivity contribution in [3.63, 3.8) is 0 Å². The number of carbonyl (C=O) groups is 2. The minimum atomic E-state index is -3.62. The molecule has 3 heterocycles. The van der Waals surface area contributed by atoms with E-state index in [0.717, 1.165) is 5.69 Å². The second kappa shape index (κ2) is 10.5. The van der Waals surface area contributed by atoms with Crippen molar-refractivity contribution < 1.29 is 18.0 Å². The Labute approximate surface area is 198 Å². The predicted molar refractivity (Wildman–Crippen MR) is 126 cm³/mol. The minimum absolute atomic E-state index is 0.149. The van der Waals surface area contributed by atoms with Crippen LogP contribution in [0.15, 0.2) is 78.1 Å². The van der Waals surface area contributed by atoms with Gasteiger partial charge < -0.3 is 10.6 Å². The Kier molecular flexibility index (Phi) is 7.29. The van der Waals surface area contributed by atoms with Gasteiger partial charge in [0.2, 0.25) is 15.9 Å². The Morgan fingerprint density at radius 3 is 2.53 bits per heavy atom. The molecule has 0 unspecified atom stereocenters. The zero-order chi connectivity index (χ0) is 24.0. The Bertz CT molecular complexity index is 1240. The number of benzene rings is 1. The monoisotopic (exact) mass is 479 g/mol. The molecule has 0 radical (unpaired) electrons. The number of sulfonamides is 1. The van der Waals surface area contributed by atoms with E-state index in [2.05, 4.69) is 20.6 Å². The molecule has 2 N–H and O–H groups in total. The number of carbonyl (C=O) groups excluding carboxylic acids is 2. The number of hydrogen-bond donors (Lipinski definition) is 2. The fourth-order valence-electron chi connectivity index (χ4n) is 3.77. The van der Waals surface area contributed by atoms with Crippen LogP contribution >= 0.6 is 0 Å². The minimum Gasteiger partial charge on any atom is -0.346 e. The summed E-state index contributed by atoms with van der Waals surface area (Å²) in [5, 5.41) is 5.67. The lowest BCUT2D eigenvalue weighted by atomic mass is 9.97. The van der Waals surface area contributed by atoms with Gasteiger partial charge in [0.25, 0.3) is 5.91 Å². The number of pyridine rings is 2. The van der Waals surface area contributed by atoms with Gasteiger partial charge in [0, 0.05) is 48.8 Å². The van der Waals surface area contributed by atoms with E-state index in [1.54, 1.807) is 42.6 Å². The third kappa shape index (κ3) is 5.64. The van der Waals surface area contributed by atoms with E-state index in [-0.39, 0.29) is 35.7 Å². The van der Waals surface area contributed by atoms with E-state index < -0.39 is 10.0 Å². The fraction of sp³-hybridized carbons (Fsp3) is 0.250. The van der Waals surface area contributed by atoms with Gasteiger partial charge in [-0.2, -0.15) is 4.31 Å². The van der Waals surface area contributed by atoms with Crippen molar-refractivity contribution in [1.82, 2.24) is 19.6 Å². The molecule has 1 aromatic carbocycles. The molecule has 2 aromatic heterocycles. The van der Waals surface area contributed by atoms with Crippen molar-refractivity contribution in [2.75, 3.05) is 18.4 Å². The van der Waals surface area contributed by atoms with Gasteiger partial charge in [0.1, 0.15) is 4.90 Å². The van der Waals surface area contributed by atoms with Crippen LogP contribution in [0.5, 0.6) is 0 Å². The smallest absolute Gasteiger partial charge is 0.251 e. The summed E-state index contributed by atoms with van der Waals surface area (Å²) >= 11 is 0. The molecule has 1 fully saturated rings. The van der Waals surface area contributed by atoms with Gasteiger partial charge in [-0.05, 0) is 55.3 Å². The highest BCUT2D eigenvalue weighted by Gasteiger charge is 2.32. The summed E-state index contributed by atoms with van der Waals surface area (Å²) in [6.45, 7) is 0.813. The van der Waals surface area contributed by atoms with E-state index in [0.29, 0.717) is 30.6 Å². The van der Waals surface area contributed by atoms with Crippen molar-refractivity contribution in [1.29, 1.82) is 0 Å². The van der Waals surface area contributed by atoms with Crippen molar-refractivity contribution in [2.24, 2.45) is 5.92 Å². The highest BCUT2D eigenvalue weighted by Crippen LogP contribution is 2.24. The van der Waals surface area contributed by atoms with E-state index >= 15 is 0 Å². The Morgan fingerprint density at radius 2 is 1.82 bits per heavy atom. The first kappa shape index (κ1) is 23.5. The first-order valence-corrected chi connectivity index (χ1v) is 12.4. The topological polar surface area (TPSA) is 121 Å². The molecule has 1 saturated heterocycles. The van der Waals surface area contributed by atoms with Crippen molar-refractivity contribution >= 4 is 27.5 Å². The molecule has 4 rings (SSSR count). The molecule has 0 aliphatic carbocycles. The molecule has 34 heavy (non-hydrogen) atoms. The summed E-state index contributed by atoms with van der Waals surface area (Å²) < 4.78 is 26.9. The van der Waals surface area contributed by atoms with Crippen LogP contribution in [0.1, 0.15) is 28.9 Å². The highest BCUT2D eigenvalue weighted by molar-refractivity contribution is 7.89. The first-order chi connectivity index (χ1) is 16.4. The highest BCUT2D eigenvalue weighted by atomic mass is 32.2. The molecular formula is C24H25N5O4S. The maximum Gasteiger partial charge on any atom is 0.251 e. The van der Waals surface area contributed by atoms with Crippen molar-refractivity contribution in [3.8, 4) is 0 Å². The van der Waals surface area contributed by atoms with Crippen LogP contribution in [-0.2, 0) is 21.4 Å². The average Bonchev–Trinajstić information content (AvgIpc) is 2.88. The molecule has 0 spiro atoms. The third-order valence-electron chi connectivity index (χ3n) is 5.65. The number of aromatic nitrogens is 2. The van der Waals surface area contributed by atoms with Crippen molar-refractivity contribution in [2.45, 2.75) is 24.3 Å². The fourth-order valence-corrected chi connectivity index (χ4v) is 5.20. The summed E-state index contributed by atoms with van der Waals surface area (Å²) in [6.07, 6.45) is 5.34. The molecule has 0 bridgehead atoms. The lowest BCUT2D eigenvalue weighted by Crippen LogP contribution is -2.41. The molecule has 3 aromatic rings. The largest absolute Gasteiger partial charge is 0.346 e. The van der Waals surface area contributed by atoms with Crippen LogP contribution < -0.4 is 10.6 Å². The van der Waals surface area contributed by atoms with Gasteiger partial charge >= 0.3 is 0 Å². The second-order valence-corrected chi connectivity index (χ2v) is 9.88. The van der Waals surface area contributed by atoms with Crippen LogP contribution in [0.2, 0.25) is 0 Å². The maximum atomic E-state index is 12.8. The Morgan fingerprint density at radius 1 is 1.00 bits per heavy atom. The second-order valence-electron chi connectivity index (χ2n) is 7.94. The SMILES string of the molecule is O=C(NCc1ccccn1)c1cccc(NC(=O)C2CCN(S(=O)(=O)c3cccnc3)CC2)c1. The van der Waals surface area contributed by atoms with Crippen LogP contribution in [0.25, 0.3) is 0 Å². The Hall–Kier alpha value is -3.63. The number of piperidine rings is 1. The van der Waals surface area contributed by atoms with Crippen LogP contribution in [-0.4, -0.2) is 47.6 Å². The summed E-state index contributed by atoms with van der Waals surface area (Å²) in [4.78, 5) is 33.5. The molecule has 2 amide bonds. The number of nitrogens with one attached hydrogen (secondary N) is 2. The van der Waals surface area contributed by atoms with Gasteiger partial charge in [0.15, 0.2) is 0 Å². The zero-order valence-corrected chi connectivity index (χ0v) is 19.2. The van der Waals surface area contributed by atoms with E-state index in [1.807, 2.05) is 12.1 Å². The molecule has 0 saturated carbocycles.